The number of furan rings is 1. The third kappa shape index (κ3) is 3.72. The molecule has 0 bridgehead atoms. The highest BCUT2D eigenvalue weighted by molar-refractivity contribution is 5.95. The van der Waals surface area contributed by atoms with Crippen molar-refractivity contribution in [1.82, 2.24) is 4.90 Å². The molecule has 202 valence electrons. The second kappa shape index (κ2) is 9.08. The maximum atomic E-state index is 13.7. The van der Waals surface area contributed by atoms with Crippen molar-refractivity contribution < 1.29 is 23.8 Å². The lowest BCUT2D eigenvalue weighted by atomic mass is 9.46. The number of rotatable bonds is 5. The maximum absolute atomic E-state index is 13.7. The molecular formula is C31H43NO5. The summed E-state index contributed by atoms with van der Waals surface area (Å²) in [6.45, 7) is 7.96. The fourth-order valence-corrected chi connectivity index (χ4v) is 9.41. The first-order valence-corrected chi connectivity index (χ1v) is 14.6. The van der Waals surface area contributed by atoms with Gasteiger partial charge in [-0.2, -0.15) is 0 Å². The van der Waals surface area contributed by atoms with Crippen molar-refractivity contribution >= 4 is 11.7 Å². The number of aliphatic hydroxyl groups is 1. The topological polar surface area (TPSA) is 80.0 Å². The molecule has 1 aliphatic heterocycles. The Balaban J connectivity index is 1.32. The largest absolute Gasteiger partial charge is 0.459 e. The second-order valence-corrected chi connectivity index (χ2v) is 13.1. The lowest BCUT2D eigenvalue weighted by Gasteiger charge is -2.59. The highest BCUT2D eigenvalue weighted by Gasteiger charge is 2.66. The van der Waals surface area contributed by atoms with Crippen LogP contribution in [0.1, 0.15) is 95.5 Å². The Hall–Kier alpha value is -1.92. The predicted octanol–water partition coefficient (Wildman–Crippen LogP) is 5.55. The van der Waals surface area contributed by atoms with Gasteiger partial charge in [-0.05, 0) is 99.3 Å². The number of carbonyl (C=O) groups excluding carboxylic acids is 2. The normalized spacial score (nSPS) is 41.9. The number of hydrogen-bond donors (Lipinski definition) is 1. The molecular weight excluding hydrogens is 466 g/mol. The summed E-state index contributed by atoms with van der Waals surface area (Å²) in [5, 5.41) is 12.5. The van der Waals surface area contributed by atoms with E-state index >= 15 is 0 Å². The Kier molecular flexibility index (Phi) is 6.23. The molecule has 0 radical (unpaired) electrons. The van der Waals surface area contributed by atoms with Gasteiger partial charge in [-0.1, -0.05) is 26.7 Å². The van der Waals surface area contributed by atoms with Crippen LogP contribution < -0.4 is 0 Å². The van der Waals surface area contributed by atoms with Gasteiger partial charge in [-0.15, -0.1) is 0 Å². The van der Waals surface area contributed by atoms with E-state index in [4.69, 9.17) is 9.15 Å². The summed E-state index contributed by atoms with van der Waals surface area (Å²) >= 11 is 0. The average Bonchev–Trinajstić information content (AvgIpc) is 3.64. The van der Waals surface area contributed by atoms with Gasteiger partial charge in [0.25, 0.3) is 5.91 Å². The molecule has 1 aromatic rings. The molecule has 3 saturated carbocycles. The molecule has 4 fully saturated rings. The van der Waals surface area contributed by atoms with Gasteiger partial charge in [0.05, 0.1) is 18.0 Å². The SMILES string of the molecule is CC(C1CC[C@@]2(O)C3=CC(=O)C4CCCCC4(C)C3CCC12C)N(CC1CCCO1)C(=O)c1ccco1. The van der Waals surface area contributed by atoms with E-state index in [1.165, 1.54) is 6.42 Å². The van der Waals surface area contributed by atoms with Crippen LogP contribution in [0.15, 0.2) is 34.5 Å². The van der Waals surface area contributed by atoms with E-state index in [1.54, 1.807) is 18.4 Å². The Morgan fingerprint density at radius 3 is 2.68 bits per heavy atom. The third-order valence-electron chi connectivity index (χ3n) is 11.6. The van der Waals surface area contributed by atoms with Crippen LogP contribution in [0, 0.1) is 28.6 Å². The molecule has 2 heterocycles. The number of nitrogens with zero attached hydrogens (tertiary/aromatic N) is 1. The van der Waals surface area contributed by atoms with Crippen LogP contribution in [-0.4, -0.2) is 52.6 Å². The number of carbonyl (C=O) groups is 2. The van der Waals surface area contributed by atoms with Crippen molar-refractivity contribution in [3.05, 3.63) is 35.8 Å². The first-order valence-electron chi connectivity index (χ1n) is 14.6. The minimum atomic E-state index is -1.00. The summed E-state index contributed by atoms with van der Waals surface area (Å²) in [5.74, 6) is 0.971. The van der Waals surface area contributed by atoms with E-state index in [0.29, 0.717) is 18.7 Å². The van der Waals surface area contributed by atoms with E-state index in [9.17, 15) is 14.7 Å². The molecule has 1 saturated heterocycles. The number of fused-ring (bicyclic) bond motifs is 5. The minimum Gasteiger partial charge on any atom is -0.459 e. The molecule has 6 nitrogen and oxygen atoms in total. The van der Waals surface area contributed by atoms with E-state index < -0.39 is 11.0 Å². The Morgan fingerprint density at radius 2 is 1.95 bits per heavy atom. The van der Waals surface area contributed by atoms with Gasteiger partial charge in [0.2, 0.25) is 0 Å². The monoisotopic (exact) mass is 509 g/mol. The van der Waals surface area contributed by atoms with E-state index in [1.807, 2.05) is 11.0 Å². The quantitative estimate of drug-likeness (QED) is 0.563. The minimum absolute atomic E-state index is 0.0343. The van der Waals surface area contributed by atoms with Crippen LogP contribution in [-0.2, 0) is 9.53 Å². The zero-order valence-corrected chi connectivity index (χ0v) is 22.7. The van der Waals surface area contributed by atoms with Gasteiger partial charge in [-0.25, -0.2) is 0 Å². The lowest BCUT2D eigenvalue weighted by molar-refractivity contribution is -0.136. The Bertz CT molecular complexity index is 1070. The van der Waals surface area contributed by atoms with Gasteiger partial charge < -0.3 is 19.2 Å². The summed E-state index contributed by atoms with van der Waals surface area (Å²) in [6.07, 6.45) is 13.2. The standard InChI is InChI=1S/C31H43NO5/c1-20(32(19-21-8-6-16-36-21)28(34)27-10-7-17-37-27)22-12-15-31(35)25-18-26(33)24-9-4-5-13-29(24,2)23(25)11-14-30(22,31)3/h7,10,17-18,20-24,35H,4-6,8-9,11-16,19H2,1-3H3/t20?,21?,22?,23?,24?,29?,30?,31-/m1/s1. The number of amides is 1. The zero-order valence-electron chi connectivity index (χ0n) is 22.7. The van der Waals surface area contributed by atoms with Crippen LogP contribution in [0.4, 0.5) is 0 Å². The van der Waals surface area contributed by atoms with Gasteiger partial charge >= 0.3 is 0 Å². The van der Waals surface area contributed by atoms with Crippen LogP contribution in [0.2, 0.25) is 0 Å². The van der Waals surface area contributed by atoms with Crippen molar-refractivity contribution in [3.8, 4) is 0 Å². The Labute approximate surface area is 220 Å². The second-order valence-electron chi connectivity index (χ2n) is 13.1. The molecule has 1 amide bonds. The molecule has 37 heavy (non-hydrogen) atoms. The van der Waals surface area contributed by atoms with Gasteiger partial charge in [0, 0.05) is 30.5 Å². The molecule has 0 spiro atoms. The number of hydrogen-bond acceptors (Lipinski definition) is 5. The fourth-order valence-electron chi connectivity index (χ4n) is 9.41. The van der Waals surface area contributed by atoms with E-state index in [-0.39, 0.29) is 47.0 Å². The highest BCUT2D eigenvalue weighted by Crippen LogP contribution is 2.67. The van der Waals surface area contributed by atoms with E-state index in [0.717, 1.165) is 63.5 Å². The molecule has 6 rings (SSSR count). The fraction of sp³-hybridized carbons (Fsp3) is 0.742. The number of ketones is 1. The summed E-state index contributed by atoms with van der Waals surface area (Å²) < 4.78 is 11.5. The van der Waals surface area contributed by atoms with Crippen molar-refractivity contribution in [1.29, 1.82) is 0 Å². The van der Waals surface area contributed by atoms with Crippen molar-refractivity contribution in [3.63, 3.8) is 0 Å². The average molecular weight is 510 g/mol. The van der Waals surface area contributed by atoms with Crippen molar-refractivity contribution in [2.45, 2.75) is 103 Å². The van der Waals surface area contributed by atoms with Gasteiger partial charge in [-0.3, -0.25) is 9.59 Å². The molecule has 1 N–H and O–H groups in total. The summed E-state index contributed by atoms with van der Waals surface area (Å²) in [6, 6.07) is 3.40. The first-order chi connectivity index (χ1) is 17.7. The maximum Gasteiger partial charge on any atom is 0.289 e. The molecule has 8 atom stereocenters. The van der Waals surface area contributed by atoms with Crippen LogP contribution in [0.3, 0.4) is 0 Å². The van der Waals surface area contributed by atoms with Gasteiger partial charge in [0.15, 0.2) is 11.5 Å². The first kappa shape index (κ1) is 25.4. The lowest BCUT2D eigenvalue weighted by Crippen LogP contribution is -2.60. The van der Waals surface area contributed by atoms with E-state index in [2.05, 4.69) is 20.8 Å². The highest BCUT2D eigenvalue weighted by atomic mass is 16.5. The van der Waals surface area contributed by atoms with Crippen molar-refractivity contribution in [2.24, 2.45) is 28.6 Å². The third-order valence-corrected chi connectivity index (χ3v) is 11.6. The predicted molar refractivity (Wildman–Crippen MR) is 140 cm³/mol. The molecule has 1 aromatic heterocycles. The molecule has 0 aromatic carbocycles. The van der Waals surface area contributed by atoms with Crippen LogP contribution in [0.5, 0.6) is 0 Å². The summed E-state index contributed by atoms with van der Waals surface area (Å²) in [5.41, 5.74) is -0.435. The Morgan fingerprint density at radius 1 is 1.11 bits per heavy atom. The molecule has 5 aliphatic rings. The smallest absolute Gasteiger partial charge is 0.289 e. The van der Waals surface area contributed by atoms with Crippen molar-refractivity contribution in [2.75, 3.05) is 13.2 Å². The zero-order chi connectivity index (χ0) is 26.0. The van der Waals surface area contributed by atoms with Crippen LogP contribution in [0.25, 0.3) is 0 Å². The number of allylic oxidation sites excluding steroid dienone is 1. The van der Waals surface area contributed by atoms with Crippen LogP contribution >= 0.6 is 0 Å². The number of ether oxygens (including phenoxy) is 1. The van der Waals surface area contributed by atoms with Gasteiger partial charge in [0.1, 0.15) is 0 Å². The molecule has 6 heteroatoms. The summed E-state index contributed by atoms with van der Waals surface area (Å²) in [4.78, 5) is 29.0. The molecule has 4 aliphatic carbocycles. The summed E-state index contributed by atoms with van der Waals surface area (Å²) in [7, 11) is 0. The molecule has 7 unspecified atom stereocenters.